The summed E-state index contributed by atoms with van der Waals surface area (Å²) < 4.78 is 5.66. The van der Waals surface area contributed by atoms with Crippen molar-refractivity contribution in [1.29, 1.82) is 0 Å². The summed E-state index contributed by atoms with van der Waals surface area (Å²) in [5.74, 6) is 2.62. The largest absolute Gasteiger partial charge is 0.374 e. The maximum Gasteiger partial charge on any atom is 0.0850 e. The molecule has 2 fully saturated rings. The summed E-state index contributed by atoms with van der Waals surface area (Å²) in [5, 5.41) is 0. The van der Waals surface area contributed by atoms with Gasteiger partial charge in [-0.05, 0) is 19.1 Å². The van der Waals surface area contributed by atoms with Crippen LogP contribution >= 0.6 is 11.8 Å². The number of hydrogen-bond donors (Lipinski definition) is 1. The van der Waals surface area contributed by atoms with Crippen LogP contribution in [0.3, 0.4) is 0 Å². The van der Waals surface area contributed by atoms with Crippen LogP contribution < -0.4 is 5.73 Å². The van der Waals surface area contributed by atoms with Crippen molar-refractivity contribution >= 4 is 11.8 Å². The normalized spacial score (nSPS) is 37.3. The number of morpholine rings is 1. The molecule has 0 aliphatic carbocycles. The first kappa shape index (κ1) is 10.7. The number of nitrogens with zero attached hydrogens (tertiary/aromatic N) is 1. The molecule has 0 saturated carbocycles. The third-order valence-corrected chi connectivity index (χ3v) is 4.28. The van der Waals surface area contributed by atoms with E-state index in [0.717, 1.165) is 25.7 Å². The molecule has 0 bridgehead atoms. The smallest absolute Gasteiger partial charge is 0.0850 e. The topological polar surface area (TPSA) is 38.5 Å². The highest BCUT2D eigenvalue weighted by Gasteiger charge is 2.29. The van der Waals surface area contributed by atoms with E-state index < -0.39 is 0 Å². The molecule has 2 aliphatic rings. The number of ether oxygens (including phenoxy) is 1. The van der Waals surface area contributed by atoms with Crippen LogP contribution in [0.1, 0.15) is 13.3 Å². The molecule has 0 spiro atoms. The van der Waals surface area contributed by atoms with Crippen molar-refractivity contribution in [1.82, 2.24) is 4.90 Å². The molecule has 2 rings (SSSR count). The molecule has 0 aromatic rings. The highest BCUT2D eigenvalue weighted by Crippen LogP contribution is 2.24. The second-order valence-corrected chi connectivity index (χ2v) is 5.43. The minimum atomic E-state index is 0.159. The third-order valence-electron chi connectivity index (χ3n) is 3.13. The summed E-state index contributed by atoms with van der Waals surface area (Å²) in [5.41, 5.74) is 5.87. The minimum Gasteiger partial charge on any atom is -0.374 e. The average molecular weight is 216 g/mol. The lowest BCUT2D eigenvalue weighted by atomic mass is 10.1. The van der Waals surface area contributed by atoms with Crippen LogP contribution in [0.2, 0.25) is 0 Å². The molecule has 2 aliphatic heterocycles. The van der Waals surface area contributed by atoms with Crippen molar-refractivity contribution in [2.24, 2.45) is 5.73 Å². The standard InChI is InChI=1S/C10H20N2OS/c1-8(11)10-6-12(3-4-13-10)9-2-5-14-7-9/h8-10H,2-7,11H2,1H3. The van der Waals surface area contributed by atoms with Crippen LogP contribution in [0.25, 0.3) is 0 Å². The van der Waals surface area contributed by atoms with E-state index in [9.17, 15) is 0 Å². The summed E-state index contributed by atoms with van der Waals surface area (Å²) in [4.78, 5) is 2.57. The fourth-order valence-corrected chi connectivity index (χ4v) is 3.41. The summed E-state index contributed by atoms with van der Waals surface area (Å²) in [6, 6.07) is 0.942. The van der Waals surface area contributed by atoms with Gasteiger partial charge in [0.25, 0.3) is 0 Å². The molecule has 0 aromatic heterocycles. The van der Waals surface area contributed by atoms with E-state index in [0.29, 0.717) is 0 Å². The molecular formula is C10H20N2OS. The summed E-state index contributed by atoms with van der Waals surface area (Å²) in [6.07, 6.45) is 1.59. The summed E-state index contributed by atoms with van der Waals surface area (Å²) in [6.45, 7) is 5.02. The minimum absolute atomic E-state index is 0.159. The van der Waals surface area contributed by atoms with Crippen molar-refractivity contribution in [3.63, 3.8) is 0 Å². The second kappa shape index (κ2) is 4.84. The molecule has 3 nitrogen and oxygen atoms in total. The molecule has 82 valence electrons. The number of thioether (sulfide) groups is 1. The Balaban J connectivity index is 1.86. The zero-order valence-corrected chi connectivity index (χ0v) is 9.63. The lowest BCUT2D eigenvalue weighted by Crippen LogP contribution is -2.52. The van der Waals surface area contributed by atoms with Gasteiger partial charge in [0.2, 0.25) is 0 Å². The van der Waals surface area contributed by atoms with E-state index in [4.69, 9.17) is 10.5 Å². The molecule has 2 heterocycles. The highest BCUT2D eigenvalue weighted by atomic mass is 32.2. The first-order valence-corrected chi connectivity index (χ1v) is 6.62. The van der Waals surface area contributed by atoms with Crippen molar-refractivity contribution in [3.05, 3.63) is 0 Å². The van der Waals surface area contributed by atoms with E-state index in [1.807, 2.05) is 6.92 Å². The third kappa shape index (κ3) is 2.42. The van der Waals surface area contributed by atoms with Crippen molar-refractivity contribution < 1.29 is 4.74 Å². The van der Waals surface area contributed by atoms with Gasteiger partial charge in [-0.2, -0.15) is 11.8 Å². The van der Waals surface area contributed by atoms with Crippen LogP contribution in [-0.4, -0.2) is 54.3 Å². The number of rotatable bonds is 2. The second-order valence-electron chi connectivity index (χ2n) is 4.28. The van der Waals surface area contributed by atoms with Crippen LogP contribution in [0, 0.1) is 0 Å². The summed E-state index contributed by atoms with van der Waals surface area (Å²) >= 11 is 2.07. The maximum atomic E-state index is 5.87. The maximum absolute atomic E-state index is 5.87. The molecule has 0 radical (unpaired) electrons. The van der Waals surface area contributed by atoms with Gasteiger partial charge in [-0.3, -0.25) is 4.90 Å². The molecule has 3 atom stereocenters. The predicted molar refractivity (Wildman–Crippen MR) is 60.7 cm³/mol. The number of hydrogen-bond acceptors (Lipinski definition) is 4. The van der Waals surface area contributed by atoms with Crippen LogP contribution in [0.5, 0.6) is 0 Å². The molecule has 0 aromatic carbocycles. The van der Waals surface area contributed by atoms with Gasteiger partial charge in [0.1, 0.15) is 0 Å². The Morgan fingerprint density at radius 1 is 1.57 bits per heavy atom. The Morgan fingerprint density at radius 3 is 3.07 bits per heavy atom. The van der Waals surface area contributed by atoms with Gasteiger partial charge in [0, 0.05) is 30.9 Å². The predicted octanol–water partition coefficient (Wildman–Crippen LogP) is 0.540. The zero-order valence-electron chi connectivity index (χ0n) is 8.82. The monoisotopic (exact) mass is 216 g/mol. The van der Waals surface area contributed by atoms with Gasteiger partial charge in [0.05, 0.1) is 12.7 Å². The van der Waals surface area contributed by atoms with Gasteiger partial charge in [0.15, 0.2) is 0 Å². The van der Waals surface area contributed by atoms with Gasteiger partial charge < -0.3 is 10.5 Å². The molecule has 2 saturated heterocycles. The highest BCUT2D eigenvalue weighted by molar-refractivity contribution is 7.99. The fraction of sp³-hybridized carbons (Fsp3) is 1.00. The first-order valence-electron chi connectivity index (χ1n) is 5.46. The molecule has 3 unspecified atom stereocenters. The van der Waals surface area contributed by atoms with Gasteiger partial charge in [-0.25, -0.2) is 0 Å². The molecule has 4 heteroatoms. The molecule has 0 amide bonds. The van der Waals surface area contributed by atoms with Crippen LogP contribution in [0.15, 0.2) is 0 Å². The van der Waals surface area contributed by atoms with E-state index in [-0.39, 0.29) is 12.1 Å². The SMILES string of the molecule is CC(N)C1CN(C2CCSC2)CCO1. The Hall–Kier alpha value is 0.230. The summed E-state index contributed by atoms with van der Waals surface area (Å²) in [7, 11) is 0. The van der Waals surface area contributed by atoms with Crippen molar-refractivity contribution in [2.45, 2.75) is 31.5 Å². The Morgan fingerprint density at radius 2 is 2.43 bits per heavy atom. The van der Waals surface area contributed by atoms with Gasteiger partial charge >= 0.3 is 0 Å². The fourth-order valence-electron chi connectivity index (χ4n) is 2.16. The zero-order chi connectivity index (χ0) is 9.97. The Kier molecular flexibility index (Phi) is 3.71. The molecular weight excluding hydrogens is 196 g/mol. The average Bonchev–Trinajstić information content (AvgIpc) is 2.71. The molecule has 14 heavy (non-hydrogen) atoms. The quantitative estimate of drug-likeness (QED) is 0.731. The Labute approximate surface area is 90.3 Å². The van der Waals surface area contributed by atoms with E-state index >= 15 is 0 Å². The van der Waals surface area contributed by atoms with E-state index in [2.05, 4.69) is 16.7 Å². The van der Waals surface area contributed by atoms with Gasteiger partial charge in [-0.1, -0.05) is 0 Å². The lowest BCUT2D eigenvalue weighted by Gasteiger charge is -2.37. The Bertz CT molecular complexity index is 183. The van der Waals surface area contributed by atoms with Crippen LogP contribution in [0.4, 0.5) is 0 Å². The first-order chi connectivity index (χ1) is 6.77. The number of nitrogens with two attached hydrogens (primary N) is 1. The van der Waals surface area contributed by atoms with Crippen molar-refractivity contribution in [3.8, 4) is 0 Å². The van der Waals surface area contributed by atoms with Crippen LogP contribution in [-0.2, 0) is 4.74 Å². The molecule has 2 N–H and O–H groups in total. The van der Waals surface area contributed by atoms with Gasteiger partial charge in [-0.15, -0.1) is 0 Å². The van der Waals surface area contributed by atoms with Crippen molar-refractivity contribution in [2.75, 3.05) is 31.2 Å². The van der Waals surface area contributed by atoms with E-state index in [1.165, 1.54) is 17.9 Å². The lowest BCUT2D eigenvalue weighted by molar-refractivity contribution is -0.0482. The van der Waals surface area contributed by atoms with E-state index in [1.54, 1.807) is 0 Å².